The summed E-state index contributed by atoms with van der Waals surface area (Å²) in [4.78, 5) is 0. The first-order valence-electron chi connectivity index (χ1n) is 4.24. The topological polar surface area (TPSA) is 82.1 Å². The Kier molecular flexibility index (Phi) is 7.62. The predicted octanol–water partition coefficient (Wildman–Crippen LogP) is 2.10. The van der Waals surface area contributed by atoms with E-state index < -0.39 is 19.2 Å². The van der Waals surface area contributed by atoms with Crippen LogP contribution in [0.4, 0.5) is 0 Å². The molecule has 0 amide bonds. The Morgan fingerprint density at radius 2 is 1.64 bits per heavy atom. The SMILES string of the molecule is CCCOP(=O)(OCCC)OS(=O)O. The van der Waals surface area contributed by atoms with Gasteiger partial charge in [-0.25, -0.2) is 4.57 Å². The molecular weight excluding hydrogens is 231 g/mol. The third-order valence-corrected chi connectivity index (χ3v) is 3.30. The van der Waals surface area contributed by atoms with Gasteiger partial charge in [0.2, 0.25) is 0 Å². The van der Waals surface area contributed by atoms with Crippen LogP contribution in [-0.2, 0) is 28.9 Å². The first-order valence-corrected chi connectivity index (χ1v) is 6.73. The first-order chi connectivity index (χ1) is 6.54. The zero-order valence-corrected chi connectivity index (χ0v) is 9.88. The van der Waals surface area contributed by atoms with Crippen LogP contribution in [0.25, 0.3) is 0 Å². The Labute approximate surface area is 86.0 Å². The number of phosphoric acid groups is 1. The van der Waals surface area contributed by atoms with Crippen molar-refractivity contribution in [1.29, 1.82) is 0 Å². The van der Waals surface area contributed by atoms with Gasteiger partial charge in [0, 0.05) is 0 Å². The predicted molar refractivity (Wildman–Crippen MR) is 51.9 cm³/mol. The summed E-state index contributed by atoms with van der Waals surface area (Å²) >= 11 is -2.66. The van der Waals surface area contributed by atoms with Crippen molar-refractivity contribution < 1.29 is 26.3 Å². The van der Waals surface area contributed by atoms with Crippen molar-refractivity contribution in [2.45, 2.75) is 26.7 Å². The van der Waals surface area contributed by atoms with Crippen molar-refractivity contribution in [3.63, 3.8) is 0 Å². The molecule has 0 aliphatic rings. The summed E-state index contributed by atoms with van der Waals surface area (Å²) < 4.78 is 43.9. The summed E-state index contributed by atoms with van der Waals surface area (Å²) in [5.74, 6) is 0. The first kappa shape index (κ1) is 14.2. The van der Waals surface area contributed by atoms with E-state index in [1.165, 1.54) is 0 Å². The van der Waals surface area contributed by atoms with E-state index in [1.54, 1.807) is 13.8 Å². The number of hydrogen-bond donors (Lipinski definition) is 1. The van der Waals surface area contributed by atoms with Crippen LogP contribution in [0.15, 0.2) is 0 Å². The molecule has 0 aromatic carbocycles. The van der Waals surface area contributed by atoms with Gasteiger partial charge >= 0.3 is 19.2 Å². The summed E-state index contributed by atoms with van der Waals surface area (Å²) in [6.07, 6.45) is 1.22. The highest BCUT2D eigenvalue weighted by molar-refractivity contribution is 7.79. The van der Waals surface area contributed by atoms with Crippen molar-refractivity contribution in [2.75, 3.05) is 13.2 Å². The molecule has 0 fully saturated rings. The molecule has 0 saturated carbocycles. The lowest BCUT2D eigenvalue weighted by atomic mass is 10.5. The van der Waals surface area contributed by atoms with Gasteiger partial charge in [0.1, 0.15) is 0 Å². The molecule has 0 bridgehead atoms. The van der Waals surface area contributed by atoms with Crippen LogP contribution in [-0.4, -0.2) is 22.0 Å². The van der Waals surface area contributed by atoms with Gasteiger partial charge in [-0.05, 0) is 12.8 Å². The fourth-order valence-corrected chi connectivity index (χ4v) is 2.42. The Balaban J connectivity index is 4.18. The molecule has 0 aromatic rings. The van der Waals surface area contributed by atoms with Crippen LogP contribution < -0.4 is 0 Å². The Hall–Kier alpha value is 0.220. The average molecular weight is 246 g/mol. The summed E-state index contributed by atoms with van der Waals surface area (Å²) in [5.41, 5.74) is 0. The molecule has 14 heavy (non-hydrogen) atoms. The summed E-state index contributed by atoms with van der Waals surface area (Å²) in [7, 11) is -3.86. The molecule has 1 atom stereocenters. The molecule has 0 spiro atoms. The van der Waals surface area contributed by atoms with E-state index in [2.05, 4.69) is 3.97 Å². The second kappa shape index (κ2) is 7.50. The second-order valence-electron chi connectivity index (χ2n) is 2.41. The van der Waals surface area contributed by atoms with Gasteiger partial charge < -0.3 is 0 Å². The third-order valence-electron chi connectivity index (χ3n) is 1.06. The lowest BCUT2D eigenvalue weighted by molar-refractivity contribution is 0.156. The van der Waals surface area contributed by atoms with Gasteiger partial charge in [0.05, 0.1) is 13.2 Å². The van der Waals surface area contributed by atoms with E-state index in [0.717, 1.165) is 0 Å². The van der Waals surface area contributed by atoms with Gasteiger partial charge in [-0.3, -0.25) is 13.6 Å². The minimum atomic E-state index is -3.86. The molecular formula is C6H15O6PS. The molecule has 0 rings (SSSR count). The van der Waals surface area contributed by atoms with Crippen LogP contribution in [0.2, 0.25) is 0 Å². The minimum absolute atomic E-state index is 0.151. The summed E-state index contributed by atoms with van der Waals surface area (Å²) in [6.45, 7) is 3.91. The zero-order chi connectivity index (χ0) is 11.0. The van der Waals surface area contributed by atoms with E-state index in [9.17, 15) is 8.77 Å². The van der Waals surface area contributed by atoms with Crippen LogP contribution in [0.3, 0.4) is 0 Å². The maximum Gasteiger partial charge on any atom is 0.489 e. The van der Waals surface area contributed by atoms with Gasteiger partial charge in [-0.15, -0.1) is 0 Å². The Bertz CT molecular complexity index is 208. The summed E-state index contributed by atoms with van der Waals surface area (Å²) in [5, 5.41) is 0. The molecule has 0 aliphatic heterocycles. The fourth-order valence-electron chi connectivity index (χ4n) is 0.565. The Morgan fingerprint density at radius 1 is 1.21 bits per heavy atom. The molecule has 8 heteroatoms. The summed E-state index contributed by atoms with van der Waals surface area (Å²) in [6, 6.07) is 0. The third kappa shape index (κ3) is 6.64. The van der Waals surface area contributed by atoms with E-state index >= 15 is 0 Å². The Morgan fingerprint density at radius 3 is 1.93 bits per heavy atom. The highest BCUT2D eigenvalue weighted by Crippen LogP contribution is 2.50. The van der Waals surface area contributed by atoms with E-state index in [1.807, 2.05) is 0 Å². The molecule has 0 saturated heterocycles. The molecule has 0 aliphatic carbocycles. The molecule has 0 radical (unpaired) electrons. The van der Waals surface area contributed by atoms with Crippen molar-refractivity contribution in [1.82, 2.24) is 0 Å². The van der Waals surface area contributed by atoms with Gasteiger partial charge in [-0.2, -0.15) is 8.18 Å². The molecule has 1 N–H and O–H groups in total. The minimum Gasteiger partial charge on any atom is -0.286 e. The maximum atomic E-state index is 11.5. The van der Waals surface area contributed by atoms with Gasteiger partial charge in [0.25, 0.3) is 0 Å². The van der Waals surface area contributed by atoms with E-state index in [-0.39, 0.29) is 13.2 Å². The fraction of sp³-hybridized carbons (Fsp3) is 1.00. The standard InChI is InChI=1S/C6H15O6PS/c1-3-5-10-13(7,11-6-4-2)12-14(8)9/h3-6H2,1-2H3,(H,8,9). The smallest absolute Gasteiger partial charge is 0.286 e. The monoisotopic (exact) mass is 246 g/mol. The zero-order valence-electron chi connectivity index (χ0n) is 8.17. The largest absolute Gasteiger partial charge is 0.489 e. The number of phosphoric ester groups is 1. The molecule has 1 unspecified atom stereocenters. The van der Waals surface area contributed by atoms with E-state index in [4.69, 9.17) is 13.6 Å². The molecule has 0 heterocycles. The lowest BCUT2D eigenvalue weighted by Gasteiger charge is -2.14. The van der Waals surface area contributed by atoms with Crippen molar-refractivity contribution in [3.05, 3.63) is 0 Å². The second-order valence-corrected chi connectivity index (χ2v) is 4.85. The van der Waals surface area contributed by atoms with Crippen LogP contribution in [0.1, 0.15) is 26.7 Å². The van der Waals surface area contributed by atoms with Crippen LogP contribution in [0.5, 0.6) is 0 Å². The van der Waals surface area contributed by atoms with E-state index in [0.29, 0.717) is 12.8 Å². The lowest BCUT2D eigenvalue weighted by Crippen LogP contribution is -2.03. The van der Waals surface area contributed by atoms with Crippen molar-refractivity contribution in [2.24, 2.45) is 0 Å². The maximum absolute atomic E-state index is 11.5. The van der Waals surface area contributed by atoms with Gasteiger partial charge in [-0.1, -0.05) is 13.8 Å². The quantitative estimate of drug-likeness (QED) is 0.521. The molecule has 6 nitrogen and oxygen atoms in total. The molecule has 0 aromatic heterocycles. The number of rotatable bonds is 8. The number of hydrogen-bond acceptors (Lipinski definition) is 5. The van der Waals surface area contributed by atoms with Crippen LogP contribution in [0, 0.1) is 0 Å². The molecule has 86 valence electrons. The van der Waals surface area contributed by atoms with Crippen LogP contribution >= 0.6 is 7.82 Å². The van der Waals surface area contributed by atoms with Crippen molar-refractivity contribution in [3.8, 4) is 0 Å². The van der Waals surface area contributed by atoms with Gasteiger partial charge in [0.15, 0.2) is 0 Å². The highest BCUT2D eigenvalue weighted by atomic mass is 32.2. The average Bonchev–Trinajstić information content (AvgIpc) is 2.11. The normalized spacial score (nSPS) is 14.2. The van der Waals surface area contributed by atoms with Crippen molar-refractivity contribution >= 4 is 19.2 Å². The highest BCUT2D eigenvalue weighted by Gasteiger charge is 2.29.